The summed E-state index contributed by atoms with van der Waals surface area (Å²) in [5.41, 5.74) is 0.408. The number of nitrogens with one attached hydrogen (secondary N) is 1. The van der Waals surface area contributed by atoms with Gasteiger partial charge in [-0.05, 0) is 25.1 Å². The molecule has 0 bridgehead atoms. The molecule has 1 unspecified atom stereocenters. The van der Waals surface area contributed by atoms with Crippen molar-refractivity contribution >= 4 is 6.03 Å². The highest BCUT2D eigenvalue weighted by Gasteiger charge is 2.19. The second-order valence-electron chi connectivity index (χ2n) is 4.43. The molecular weight excluding hydrogens is 251 g/mol. The van der Waals surface area contributed by atoms with E-state index in [0.29, 0.717) is 37.6 Å². The molecule has 1 fully saturated rings. The Kier molecular flexibility index (Phi) is 4.21. The smallest absolute Gasteiger partial charge is 0.317 e. The van der Waals surface area contributed by atoms with Crippen LogP contribution in [0.15, 0.2) is 18.2 Å². The van der Waals surface area contributed by atoms with Crippen LogP contribution in [0.2, 0.25) is 0 Å². The van der Waals surface area contributed by atoms with Crippen LogP contribution >= 0.6 is 0 Å². The number of urea groups is 1. The molecule has 104 valence electrons. The molecule has 1 aromatic carbocycles. The number of benzene rings is 1. The number of nitrogens with zero attached hydrogens (tertiary/aromatic N) is 1. The number of carbonyl (C=O) groups excluding carboxylic acids is 1. The Bertz CT molecular complexity index is 465. The summed E-state index contributed by atoms with van der Waals surface area (Å²) in [4.78, 5) is 13.0. The van der Waals surface area contributed by atoms with Crippen LogP contribution in [-0.4, -0.2) is 42.3 Å². The molecule has 1 aromatic rings. The molecule has 5 nitrogen and oxygen atoms in total. The molecule has 0 aromatic heterocycles. The third kappa shape index (κ3) is 3.35. The Morgan fingerprint density at radius 2 is 2.37 bits per heavy atom. The van der Waals surface area contributed by atoms with E-state index in [2.05, 4.69) is 5.32 Å². The summed E-state index contributed by atoms with van der Waals surface area (Å²) in [6, 6.07) is 3.92. The van der Waals surface area contributed by atoms with Crippen LogP contribution in [0.25, 0.3) is 0 Å². The number of carbonyl (C=O) groups is 1. The molecule has 0 spiro atoms. The second kappa shape index (κ2) is 5.88. The molecule has 2 N–H and O–H groups in total. The maximum absolute atomic E-state index is 13.1. The fraction of sp³-hybridized carbons (Fsp3) is 0.462. The van der Waals surface area contributed by atoms with E-state index in [1.807, 2.05) is 0 Å². The Morgan fingerprint density at radius 3 is 3.00 bits per heavy atom. The van der Waals surface area contributed by atoms with Gasteiger partial charge in [0.25, 0.3) is 0 Å². The summed E-state index contributed by atoms with van der Waals surface area (Å²) >= 11 is 0. The highest BCUT2D eigenvalue weighted by molar-refractivity contribution is 5.76. The van der Waals surface area contributed by atoms with E-state index in [4.69, 9.17) is 4.74 Å². The Balaban J connectivity index is 1.93. The highest BCUT2D eigenvalue weighted by Crippen LogP contribution is 2.25. The molecular formula is C13H17FN2O3. The fourth-order valence-electron chi connectivity index (χ4n) is 1.97. The first-order chi connectivity index (χ1) is 9.08. The minimum atomic E-state index is -0.805. The Hall–Kier alpha value is -1.82. The van der Waals surface area contributed by atoms with E-state index in [0.717, 1.165) is 0 Å². The lowest BCUT2D eigenvalue weighted by Gasteiger charge is -2.17. The number of hydrogen-bond acceptors (Lipinski definition) is 3. The molecule has 0 saturated carbocycles. The van der Waals surface area contributed by atoms with Gasteiger partial charge in [-0.25, -0.2) is 9.18 Å². The van der Waals surface area contributed by atoms with Gasteiger partial charge in [0.2, 0.25) is 0 Å². The molecule has 1 aliphatic rings. The summed E-state index contributed by atoms with van der Waals surface area (Å²) in [5.74, 6) is 0.0261. The number of aliphatic hydroxyl groups excluding tert-OH is 1. The van der Waals surface area contributed by atoms with Gasteiger partial charge in [0, 0.05) is 18.7 Å². The number of halogens is 1. The van der Waals surface area contributed by atoms with Crippen LogP contribution in [0.4, 0.5) is 9.18 Å². The standard InChI is InChI=1S/C13H17FN2O3/c1-9(17)11-8-10(14)2-3-12(11)19-7-6-16-5-4-15-13(16)18/h2-3,8-9,17H,4-7H2,1H3,(H,15,18). The van der Waals surface area contributed by atoms with Crippen molar-refractivity contribution in [2.24, 2.45) is 0 Å². The van der Waals surface area contributed by atoms with Crippen LogP contribution in [0.1, 0.15) is 18.6 Å². The lowest BCUT2D eigenvalue weighted by atomic mass is 10.1. The van der Waals surface area contributed by atoms with Crippen molar-refractivity contribution in [2.75, 3.05) is 26.2 Å². The topological polar surface area (TPSA) is 61.8 Å². The SMILES string of the molecule is CC(O)c1cc(F)ccc1OCCN1CCNC1=O. The second-order valence-corrected chi connectivity index (χ2v) is 4.43. The maximum atomic E-state index is 13.1. The van der Waals surface area contributed by atoms with E-state index in [1.54, 1.807) is 11.8 Å². The normalized spacial score (nSPS) is 16.4. The van der Waals surface area contributed by atoms with Crippen molar-refractivity contribution in [1.29, 1.82) is 0 Å². The highest BCUT2D eigenvalue weighted by atomic mass is 19.1. The van der Waals surface area contributed by atoms with Crippen LogP contribution in [0.3, 0.4) is 0 Å². The number of rotatable bonds is 5. The van der Waals surface area contributed by atoms with Gasteiger partial charge in [-0.1, -0.05) is 0 Å². The summed E-state index contributed by atoms with van der Waals surface area (Å²) in [6.07, 6.45) is -0.805. The first kappa shape index (κ1) is 13.6. The zero-order valence-corrected chi connectivity index (χ0v) is 10.7. The monoisotopic (exact) mass is 268 g/mol. The molecule has 0 aliphatic carbocycles. The van der Waals surface area contributed by atoms with E-state index >= 15 is 0 Å². The van der Waals surface area contributed by atoms with Gasteiger partial charge in [0.15, 0.2) is 0 Å². The quantitative estimate of drug-likeness (QED) is 0.845. The fourth-order valence-corrected chi connectivity index (χ4v) is 1.97. The van der Waals surface area contributed by atoms with Gasteiger partial charge in [0.1, 0.15) is 18.2 Å². The van der Waals surface area contributed by atoms with Crippen LogP contribution in [-0.2, 0) is 0 Å². The number of aliphatic hydroxyl groups is 1. The molecule has 6 heteroatoms. The minimum Gasteiger partial charge on any atom is -0.491 e. The van der Waals surface area contributed by atoms with Crippen molar-refractivity contribution in [2.45, 2.75) is 13.0 Å². The molecule has 1 heterocycles. The van der Waals surface area contributed by atoms with Crippen LogP contribution in [0.5, 0.6) is 5.75 Å². The number of amides is 2. The summed E-state index contributed by atoms with van der Waals surface area (Å²) < 4.78 is 18.6. The van der Waals surface area contributed by atoms with Gasteiger partial charge in [0.05, 0.1) is 12.6 Å². The zero-order valence-electron chi connectivity index (χ0n) is 10.7. The summed E-state index contributed by atoms with van der Waals surface area (Å²) in [5, 5.41) is 12.3. The van der Waals surface area contributed by atoms with Gasteiger partial charge < -0.3 is 20.1 Å². The van der Waals surface area contributed by atoms with Crippen LogP contribution in [0, 0.1) is 5.82 Å². The average molecular weight is 268 g/mol. The first-order valence-corrected chi connectivity index (χ1v) is 6.21. The zero-order chi connectivity index (χ0) is 13.8. The Morgan fingerprint density at radius 1 is 1.58 bits per heavy atom. The lowest BCUT2D eigenvalue weighted by molar-refractivity contribution is 0.183. The molecule has 1 aliphatic heterocycles. The van der Waals surface area contributed by atoms with Crippen molar-refractivity contribution in [1.82, 2.24) is 10.2 Å². The van der Waals surface area contributed by atoms with Gasteiger partial charge in [-0.15, -0.1) is 0 Å². The molecule has 2 rings (SSSR count). The van der Waals surface area contributed by atoms with E-state index in [1.165, 1.54) is 18.2 Å². The van der Waals surface area contributed by atoms with Crippen molar-refractivity contribution in [3.05, 3.63) is 29.6 Å². The average Bonchev–Trinajstić information content (AvgIpc) is 2.77. The van der Waals surface area contributed by atoms with Crippen LogP contribution < -0.4 is 10.1 Å². The Labute approximate surface area is 111 Å². The van der Waals surface area contributed by atoms with E-state index in [9.17, 15) is 14.3 Å². The predicted octanol–water partition coefficient (Wildman–Crippen LogP) is 1.28. The lowest BCUT2D eigenvalue weighted by Crippen LogP contribution is -2.31. The van der Waals surface area contributed by atoms with Gasteiger partial charge in [-0.2, -0.15) is 0 Å². The maximum Gasteiger partial charge on any atom is 0.317 e. The number of ether oxygens (including phenoxy) is 1. The predicted molar refractivity (Wildman–Crippen MR) is 67.5 cm³/mol. The van der Waals surface area contributed by atoms with Gasteiger partial charge >= 0.3 is 6.03 Å². The minimum absolute atomic E-state index is 0.0987. The van der Waals surface area contributed by atoms with Crippen molar-refractivity contribution in [3.8, 4) is 5.75 Å². The molecule has 0 radical (unpaired) electrons. The third-order valence-corrected chi connectivity index (χ3v) is 2.99. The van der Waals surface area contributed by atoms with E-state index < -0.39 is 11.9 Å². The third-order valence-electron chi connectivity index (χ3n) is 2.99. The van der Waals surface area contributed by atoms with Gasteiger partial charge in [-0.3, -0.25) is 0 Å². The van der Waals surface area contributed by atoms with E-state index in [-0.39, 0.29) is 6.03 Å². The molecule has 2 amide bonds. The molecule has 1 atom stereocenters. The molecule has 1 saturated heterocycles. The summed E-state index contributed by atoms with van der Waals surface area (Å²) in [7, 11) is 0. The number of hydrogen-bond donors (Lipinski definition) is 2. The van der Waals surface area contributed by atoms with Crippen molar-refractivity contribution in [3.63, 3.8) is 0 Å². The largest absolute Gasteiger partial charge is 0.491 e. The summed E-state index contributed by atoms with van der Waals surface area (Å²) in [6.45, 7) is 3.62. The molecule has 19 heavy (non-hydrogen) atoms. The van der Waals surface area contributed by atoms with Crippen molar-refractivity contribution < 1.29 is 19.0 Å². The first-order valence-electron chi connectivity index (χ1n) is 6.21.